The van der Waals surface area contributed by atoms with Crippen molar-refractivity contribution in [3.8, 4) is 0 Å². The van der Waals surface area contributed by atoms with Crippen molar-refractivity contribution in [3.05, 3.63) is 83.0 Å². The summed E-state index contributed by atoms with van der Waals surface area (Å²) in [6.45, 7) is 2.18. The van der Waals surface area contributed by atoms with Crippen LogP contribution in [0.2, 0.25) is 0 Å². The minimum Gasteiger partial charge on any atom is -0.352 e. The number of hydrogen-bond donors (Lipinski definition) is 1. The summed E-state index contributed by atoms with van der Waals surface area (Å²) in [5, 5.41) is 6.58. The molecule has 1 amide bonds. The predicted molar refractivity (Wildman–Crippen MR) is 99.9 cm³/mol. The first-order chi connectivity index (χ1) is 13.8. The number of hydrogen-bond acceptors (Lipinski definition) is 4. The molecule has 0 unspecified atom stereocenters. The number of rotatable bonds is 7. The van der Waals surface area contributed by atoms with Crippen LogP contribution in [0.3, 0.4) is 0 Å². The van der Waals surface area contributed by atoms with Crippen molar-refractivity contribution in [2.24, 2.45) is 0 Å². The molecule has 29 heavy (non-hydrogen) atoms. The number of alkyl halides is 3. The second-order valence-electron chi connectivity index (χ2n) is 6.79. The molecule has 0 saturated heterocycles. The van der Waals surface area contributed by atoms with Gasteiger partial charge in [0.2, 0.25) is 11.8 Å². The Morgan fingerprint density at radius 1 is 1.10 bits per heavy atom. The maximum Gasteiger partial charge on any atom is 0.416 e. The zero-order valence-corrected chi connectivity index (χ0v) is 15.7. The van der Waals surface area contributed by atoms with Gasteiger partial charge in [0.15, 0.2) is 5.82 Å². The van der Waals surface area contributed by atoms with Gasteiger partial charge in [0, 0.05) is 12.5 Å². The number of halogens is 3. The molecular weight excluding hydrogens is 383 g/mol. The Hall–Kier alpha value is -3.16. The van der Waals surface area contributed by atoms with Crippen LogP contribution in [0.5, 0.6) is 0 Å². The number of amides is 1. The lowest BCUT2D eigenvalue weighted by atomic mass is 9.99. The van der Waals surface area contributed by atoms with Gasteiger partial charge < -0.3 is 9.84 Å². The lowest BCUT2D eigenvalue weighted by Gasteiger charge is -2.10. The van der Waals surface area contributed by atoms with Crippen molar-refractivity contribution in [3.63, 3.8) is 0 Å². The van der Waals surface area contributed by atoms with Crippen LogP contribution in [0.1, 0.15) is 41.2 Å². The minimum absolute atomic E-state index is 0.0351. The van der Waals surface area contributed by atoms with Crippen molar-refractivity contribution in [1.29, 1.82) is 0 Å². The Labute approximate surface area is 165 Å². The summed E-state index contributed by atoms with van der Waals surface area (Å²) >= 11 is 0. The van der Waals surface area contributed by atoms with E-state index in [1.165, 1.54) is 6.07 Å². The normalized spacial score (nSPS) is 12.6. The molecule has 0 spiro atoms. The highest BCUT2D eigenvalue weighted by molar-refractivity contribution is 5.77. The highest BCUT2D eigenvalue weighted by atomic mass is 19.4. The Balaban J connectivity index is 1.56. The van der Waals surface area contributed by atoms with E-state index in [0.29, 0.717) is 18.5 Å². The van der Waals surface area contributed by atoms with Crippen LogP contribution < -0.4 is 5.32 Å². The van der Waals surface area contributed by atoms with Gasteiger partial charge in [0.1, 0.15) is 0 Å². The zero-order chi connectivity index (χ0) is 20.9. The standard InChI is InChI=1S/C21H20F3N3O2/c1-14(10-16-8-5-9-17(11-16)21(22,23)24)20-26-18(27-29-20)12-19(28)25-13-15-6-3-2-4-7-15/h2-9,11,14H,10,12-13H2,1H3,(H,25,28)/t14-/m0/s1. The molecule has 0 saturated carbocycles. The van der Waals surface area contributed by atoms with Gasteiger partial charge in [-0.15, -0.1) is 0 Å². The van der Waals surface area contributed by atoms with Crippen LogP contribution in [0.4, 0.5) is 13.2 Å². The van der Waals surface area contributed by atoms with Crippen molar-refractivity contribution >= 4 is 5.91 Å². The van der Waals surface area contributed by atoms with Gasteiger partial charge in [-0.25, -0.2) is 0 Å². The van der Waals surface area contributed by atoms with Crippen LogP contribution in [-0.4, -0.2) is 16.0 Å². The topological polar surface area (TPSA) is 68.0 Å². The molecule has 5 nitrogen and oxygen atoms in total. The molecule has 152 valence electrons. The largest absolute Gasteiger partial charge is 0.416 e. The van der Waals surface area contributed by atoms with Crippen molar-refractivity contribution in [2.45, 2.75) is 38.4 Å². The summed E-state index contributed by atoms with van der Waals surface area (Å²) in [6, 6.07) is 14.6. The third kappa shape index (κ3) is 5.91. The number of nitrogens with one attached hydrogen (secondary N) is 1. The molecule has 8 heteroatoms. The van der Waals surface area contributed by atoms with Crippen LogP contribution >= 0.6 is 0 Å². The second-order valence-corrected chi connectivity index (χ2v) is 6.79. The molecule has 2 aromatic carbocycles. The first-order valence-electron chi connectivity index (χ1n) is 9.10. The van der Waals surface area contributed by atoms with Crippen LogP contribution in [0.25, 0.3) is 0 Å². The van der Waals surface area contributed by atoms with E-state index < -0.39 is 11.7 Å². The molecular formula is C21H20F3N3O2. The van der Waals surface area contributed by atoms with Crippen molar-refractivity contribution in [2.75, 3.05) is 0 Å². The molecule has 0 bridgehead atoms. The van der Waals surface area contributed by atoms with E-state index in [-0.39, 0.29) is 30.0 Å². The number of carbonyl (C=O) groups is 1. The number of nitrogens with zero attached hydrogens (tertiary/aromatic N) is 2. The molecule has 1 atom stereocenters. The predicted octanol–water partition coefficient (Wildman–Crippen LogP) is 4.29. The lowest BCUT2D eigenvalue weighted by Crippen LogP contribution is -2.25. The van der Waals surface area contributed by atoms with Gasteiger partial charge in [-0.1, -0.05) is 60.6 Å². The Morgan fingerprint density at radius 2 is 1.83 bits per heavy atom. The molecule has 1 aromatic heterocycles. The van der Waals surface area contributed by atoms with Crippen molar-refractivity contribution in [1.82, 2.24) is 15.5 Å². The van der Waals surface area contributed by atoms with E-state index in [2.05, 4.69) is 15.5 Å². The Morgan fingerprint density at radius 3 is 2.55 bits per heavy atom. The Kier molecular flexibility index (Phi) is 6.31. The van der Waals surface area contributed by atoms with Crippen molar-refractivity contribution < 1.29 is 22.5 Å². The summed E-state index contributed by atoms with van der Waals surface area (Å²) in [7, 11) is 0. The second kappa shape index (κ2) is 8.89. The van der Waals surface area contributed by atoms with Gasteiger partial charge in [-0.3, -0.25) is 4.79 Å². The fourth-order valence-corrected chi connectivity index (χ4v) is 2.86. The Bertz CT molecular complexity index is 955. The fraction of sp³-hybridized carbons (Fsp3) is 0.286. The molecule has 0 aliphatic rings. The monoisotopic (exact) mass is 403 g/mol. The van der Waals surface area contributed by atoms with E-state index in [1.807, 2.05) is 30.3 Å². The number of carbonyl (C=O) groups excluding carboxylic acids is 1. The van der Waals surface area contributed by atoms with E-state index in [1.54, 1.807) is 13.0 Å². The molecule has 3 aromatic rings. The van der Waals surface area contributed by atoms with Gasteiger partial charge in [-0.05, 0) is 23.6 Å². The van der Waals surface area contributed by atoms with Gasteiger partial charge in [-0.2, -0.15) is 18.2 Å². The zero-order valence-electron chi connectivity index (χ0n) is 15.7. The number of benzene rings is 2. The van der Waals surface area contributed by atoms with Crippen LogP contribution in [-0.2, 0) is 30.4 Å². The van der Waals surface area contributed by atoms with E-state index in [9.17, 15) is 18.0 Å². The first kappa shape index (κ1) is 20.6. The average Bonchev–Trinajstić information content (AvgIpc) is 3.15. The molecule has 1 N–H and O–H groups in total. The maximum absolute atomic E-state index is 12.8. The third-order valence-corrected chi connectivity index (χ3v) is 4.35. The minimum atomic E-state index is -4.38. The summed E-state index contributed by atoms with van der Waals surface area (Å²) in [5.41, 5.74) is 0.806. The quantitative estimate of drug-likeness (QED) is 0.639. The molecule has 0 fully saturated rings. The maximum atomic E-state index is 12.8. The van der Waals surface area contributed by atoms with Gasteiger partial charge in [0.25, 0.3) is 0 Å². The lowest BCUT2D eigenvalue weighted by molar-refractivity contribution is -0.137. The van der Waals surface area contributed by atoms with Crippen LogP contribution in [0, 0.1) is 0 Å². The average molecular weight is 403 g/mol. The summed E-state index contributed by atoms with van der Waals surface area (Å²) in [6.07, 6.45) is -4.11. The molecule has 0 aliphatic carbocycles. The summed E-state index contributed by atoms with van der Waals surface area (Å²) < 4.78 is 43.7. The third-order valence-electron chi connectivity index (χ3n) is 4.35. The molecule has 3 rings (SSSR count). The summed E-state index contributed by atoms with van der Waals surface area (Å²) in [4.78, 5) is 16.3. The van der Waals surface area contributed by atoms with E-state index >= 15 is 0 Å². The fourth-order valence-electron chi connectivity index (χ4n) is 2.86. The van der Waals surface area contributed by atoms with Crippen LogP contribution in [0.15, 0.2) is 59.1 Å². The summed E-state index contributed by atoms with van der Waals surface area (Å²) in [5.74, 6) is -0.00595. The first-order valence-corrected chi connectivity index (χ1v) is 9.10. The van der Waals surface area contributed by atoms with E-state index in [4.69, 9.17) is 4.52 Å². The van der Waals surface area contributed by atoms with Gasteiger partial charge >= 0.3 is 6.18 Å². The van der Waals surface area contributed by atoms with E-state index in [0.717, 1.165) is 17.7 Å². The molecule has 0 radical (unpaired) electrons. The van der Waals surface area contributed by atoms with Gasteiger partial charge in [0.05, 0.1) is 12.0 Å². The molecule has 0 aliphatic heterocycles. The molecule has 1 heterocycles. The highest BCUT2D eigenvalue weighted by Crippen LogP contribution is 2.30. The smallest absolute Gasteiger partial charge is 0.352 e. The SMILES string of the molecule is C[C@@H](Cc1cccc(C(F)(F)F)c1)c1nc(CC(=O)NCc2ccccc2)no1. The number of aromatic nitrogens is 2. The highest BCUT2D eigenvalue weighted by Gasteiger charge is 2.30.